The molecule has 1 saturated heterocycles. The zero-order chi connectivity index (χ0) is 19.4. The van der Waals surface area contributed by atoms with E-state index >= 15 is 0 Å². The Hall–Kier alpha value is -2.51. The van der Waals surface area contributed by atoms with E-state index in [1.54, 1.807) is 24.3 Å². The summed E-state index contributed by atoms with van der Waals surface area (Å²) in [5.74, 6) is 0.568. The zero-order valence-corrected chi connectivity index (χ0v) is 16.7. The van der Waals surface area contributed by atoms with Crippen molar-refractivity contribution in [2.24, 2.45) is 0 Å². The molecule has 2 aromatic carbocycles. The molecule has 0 saturated carbocycles. The number of carbonyl (C=O) groups excluding carboxylic acids is 2. The summed E-state index contributed by atoms with van der Waals surface area (Å²) in [5.41, 5.74) is 1.68. The van der Waals surface area contributed by atoms with E-state index in [9.17, 15) is 9.59 Å². The van der Waals surface area contributed by atoms with Crippen LogP contribution in [0.5, 0.6) is 11.5 Å². The van der Waals surface area contributed by atoms with E-state index < -0.39 is 11.9 Å². The number of nitrogens with one attached hydrogen (secondary N) is 2. The predicted octanol–water partition coefficient (Wildman–Crippen LogP) is 4.26. The first-order valence-corrected chi connectivity index (χ1v) is 9.31. The minimum atomic E-state index is -0.549. The lowest BCUT2D eigenvalue weighted by Gasteiger charge is -2.14. The van der Waals surface area contributed by atoms with E-state index in [1.165, 1.54) is 0 Å². The quantitative estimate of drug-likeness (QED) is 0.508. The van der Waals surface area contributed by atoms with Gasteiger partial charge in [-0.25, -0.2) is 4.79 Å². The lowest BCUT2D eigenvalue weighted by molar-refractivity contribution is -0.115. The number of imide groups is 1. The summed E-state index contributed by atoms with van der Waals surface area (Å²) in [5, 5.41) is 5.24. The molecule has 1 fully saturated rings. The van der Waals surface area contributed by atoms with Gasteiger partial charge in [0.1, 0.15) is 12.3 Å². The summed E-state index contributed by atoms with van der Waals surface area (Å²) in [6, 6.07) is 10.4. The van der Waals surface area contributed by atoms with Crippen molar-refractivity contribution < 1.29 is 19.1 Å². The van der Waals surface area contributed by atoms with Crippen molar-refractivity contribution in [3.05, 3.63) is 62.7 Å². The van der Waals surface area contributed by atoms with Crippen LogP contribution in [0.3, 0.4) is 0 Å². The molecule has 0 bridgehead atoms. The molecule has 1 aliphatic heterocycles. The Morgan fingerprint density at radius 2 is 1.85 bits per heavy atom. The third-order valence-electron chi connectivity index (χ3n) is 3.72. The van der Waals surface area contributed by atoms with Crippen molar-refractivity contribution in [3.63, 3.8) is 0 Å². The van der Waals surface area contributed by atoms with Crippen LogP contribution in [0, 0.1) is 0 Å². The number of urea groups is 1. The topological polar surface area (TPSA) is 76.7 Å². The van der Waals surface area contributed by atoms with Gasteiger partial charge < -0.3 is 14.8 Å². The second-order valence-electron chi connectivity index (χ2n) is 5.60. The standard InChI is InChI=1S/C19H16BrClN2O4/c1-2-26-16-8-12(7-15-18(24)23-19(25)22-15)13(20)9-17(16)27-10-11-5-3-4-6-14(11)21/h3-9H,2,10H2,1H3,(H2,22,23,24,25)/b15-7+. The van der Waals surface area contributed by atoms with Crippen molar-refractivity contribution in [1.29, 1.82) is 0 Å². The van der Waals surface area contributed by atoms with E-state index in [0.717, 1.165) is 5.56 Å². The molecule has 1 aliphatic rings. The van der Waals surface area contributed by atoms with E-state index in [0.29, 0.717) is 33.2 Å². The third kappa shape index (κ3) is 4.61. The SMILES string of the molecule is CCOc1cc(/C=C2/NC(=O)NC2=O)c(Br)cc1OCc1ccccc1Cl. The molecule has 0 atom stereocenters. The Morgan fingerprint density at radius 1 is 1.11 bits per heavy atom. The molecule has 0 aromatic heterocycles. The number of carbonyl (C=O) groups is 2. The van der Waals surface area contributed by atoms with E-state index in [2.05, 4.69) is 26.6 Å². The van der Waals surface area contributed by atoms with E-state index in [-0.39, 0.29) is 12.3 Å². The molecule has 27 heavy (non-hydrogen) atoms. The number of ether oxygens (including phenoxy) is 2. The summed E-state index contributed by atoms with van der Waals surface area (Å²) < 4.78 is 12.2. The highest BCUT2D eigenvalue weighted by atomic mass is 79.9. The molecule has 0 spiro atoms. The van der Waals surface area contributed by atoms with Gasteiger partial charge >= 0.3 is 6.03 Å². The number of halogens is 2. The molecular weight excluding hydrogens is 436 g/mol. The van der Waals surface area contributed by atoms with Crippen LogP contribution in [0.1, 0.15) is 18.1 Å². The van der Waals surface area contributed by atoms with E-state index in [1.807, 2.05) is 25.1 Å². The maximum atomic E-state index is 11.7. The predicted molar refractivity (Wildman–Crippen MR) is 106 cm³/mol. The molecule has 1 heterocycles. The summed E-state index contributed by atoms with van der Waals surface area (Å²) in [4.78, 5) is 23.0. The minimum Gasteiger partial charge on any atom is -0.490 e. The van der Waals surface area contributed by atoms with Crippen molar-refractivity contribution in [2.75, 3.05) is 6.61 Å². The van der Waals surface area contributed by atoms with Crippen LogP contribution in [0.4, 0.5) is 4.79 Å². The third-order valence-corrected chi connectivity index (χ3v) is 4.78. The second kappa shape index (κ2) is 8.45. The highest BCUT2D eigenvalue weighted by Gasteiger charge is 2.23. The van der Waals surface area contributed by atoms with Gasteiger partial charge in [0.25, 0.3) is 5.91 Å². The maximum absolute atomic E-state index is 11.7. The van der Waals surface area contributed by atoms with Crippen molar-refractivity contribution >= 4 is 45.5 Å². The van der Waals surface area contributed by atoms with Crippen LogP contribution in [0.15, 0.2) is 46.6 Å². The average Bonchev–Trinajstić information content (AvgIpc) is 2.95. The normalized spacial score (nSPS) is 14.9. The highest BCUT2D eigenvalue weighted by Crippen LogP contribution is 2.35. The van der Waals surface area contributed by atoms with Gasteiger partial charge in [-0.05, 0) is 36.8 Å². The molecule has 2 aromatic rings. The molecule has 0 unspecified atom stereocenters. The molecular formula is C19H16BrClN2O4. The summed E-state index contributed by atoms with van der Waals surface area (Å²) >= 11 is 9.63. The van der Waals surface area contributed by atoms with Crippen LogP contribution in [0.2, 0.25) is 5.02 Å². The molecule has 3 rings (SSSR count). The van der Waals surface area contributed by atoms with Gasteiger partial charge in [-0.15, -0.1) is 0 Å². The van der Waals surface area contributed by atoms with Crippen LogP contribution in [-0.2, 0) is 11.4 Å². The van der Waals surface area contributed by atoms with Crippen molar-refractivity contribution in [3.8, 4) is 11.5 Å². The van der Waals surface area contributed by atoms with Crippen molar-refractivity contribution in [1.82, 2.24) is 10.6 Å². The van der Waals surface area contributed by atoms with Gasteiger partial charge in [0, 0.05) is 15.1 Å². The number of hydrogen-bond acceptors (Lipinski definition) is 4. The molecule has 0 radical (unpaired) electrons. The van der Waals surface area contributed by atoms with Crippen LogP contribution >= 0.6 is 27.5 Å². The average molecular weight is 452 g/mol. The fourth-order valence-corrected chi connectivity index (χ4v) is 3.08. The van der Waals surface area contributed by atoms with Gasteiger partial charge in [0.2, 0.25) is 0 Å². The second-order valence-corrected chi connectivity index (χ2v) is 6.86. The Balaban J connectivity index is 1.88. The zero-order valence-electron chi connectivity index (χ0n) is 14.3. The molecule has 6 nitrogen and oxygen atoms in total. The fourth-order valence-electron chi connectivity index (χ4n) is 2.45. The highest BCUT2D eigenvalue weighted by molar-refractivity contribution is 9.10. The summed E-state index contributed by atoms with van der Waals surface area (Å²) in [6.45, 7) is 2.59. The van der Waals surface area contributed by atoms with Gasteiger partial charge in [0.15, 0.2) is 11.5 Å². The lowest BCUT2D eigenvalue weighted by atomic mass is 10.1. The Kier molecular flexibility index (Phi) is 6.03. The number of hydrogen-bond donors (Lipinski definition) is 2. The van der Waals surface area contributed by atoms with Gasteiger partial charge in [-0.1, -0.05) is 45.7 Å². The number of benzene rings is 2. The Morgan fingerprint density at radius 3 is 2.52 bits per heavy atom. The van der Waals surface area contributed by atoms with Crippen LogP contribution < -0.4 is 20.1 Å². The molecule has 2 N–H and O–H groups in total. The maximum Gasteiger partial charge on any atom is 0.326 e. The largest absolute Gasteiger partial charge is 0.490 e. The lowest BCUT2D eigenvalue weighted by Crippen LogP contribution is -2.22. The number of rotatable bonds is 6. The molecule has 8 heteroatoms. The monoisotopic (exact) mass is 450 g/mol. The first kappa shape index (κ1) is 19.3. The number of amides is 3. The van der Waals surface area contributed by atoms with E-state index in [4.69, 9.17) is 21.1 Å². The van der Waals surface area contributed by atoms with Crippen LogP contribution in [-0.4, -0.2) is 18.5 Å². The Labute approximate surface area is 169 Å². The smallest absolute Gasteiger partial charge is 0.326 e. The summed E-state index contributed by atoms with van der Waals surface area (Å²) in [6.07, 6.45) is 1.56. The molecule has 0 aliphatic carbocycles. The summed E-state index contributed by atoms with van der Waals surface area (Å²) in [7, 11) is 0. The molecule has 3 amide bonds. The fraction of sp³-hybridized carbons (Fsp3) is 0.158. The van der Waals surface area contributed by atoms with Gasteiger partial charge in [-0.2, -0.15) is 0 Å². The van der Waals surface area contributed by atoms with Crippen molar-refractivity contribution in [2.45, 2.75) is 13.5 Å². The molecule has 140 valence electrons. The van der Waals surface area contributed by atoms with Crippen LogP contribution in [0.25, 0.3) is 6.08 Å². The van der Waals surface area contributed by atoms with Gasteiger partial charge in [0.05, 0.1) is 6.61 Å². The minimum absolute atomic E-state index is 0.160. The Bertz CT molecular complexity index is 930. The first-order valence-electron chi connectivity index (χ1n) is 8.14. The first-order chi connectivity index (χ1) is 13.0. The van der Waals surface area contributed by atoms with Gasteiger partial charge in [-0.3, -0.25) is 10.1 Å².